The van der Waals surface area contributed by atoms with Gasteiger partial charge in [-0.05, 0) is 49.4 Å². The number of tetrazole rings is 1. The van der Waals surface area contributed by atoms with Gasteiger partial charge in [-0.3, -0.25) is 4.79 Å². The minimum absolute atomic E-state index is 0.0442. The molecule has 0 saturated heterocycles. The lowest BCUT2D eigenvalue weighted by atomic mass is 10.1. The topological polar surface area (TPSA) is 94.0 Å². The molecule has 130 valence electrons. The highest BCUT2D eigenvalue weighted by molar-refractivity contribution is 9.10. The molecule has 0 bridgehead atoms. The van der Waals surface area contributed by atoms with Crippen LogP contribution >= 0.6 is 15.9 Å². The van der Waals surface area contributed by atoms with Crippen LogP contribution in [0.5, 0.6) is 5.75 Å². The van der Waals surface area contributed by atoms with Gasteiger partial charge >= 0.3 is 0 Å². The van der Waals surface area contributed by atoms with Crippen molar-refractivity contribution in [2.24, 2.45) is 7.05 Å². The molecule has 2 aromatic rings. The second kappa shape index (κ2) is 7.61. The Morgan fingerprint density at radius 3 is 2.75 bits per heavy atom. The molecule has 0 aliphatic carbocycles. The van der Waals surface area contributed by atoms with E-state index in [2.05, 4.69) is 42.1 Å². The van der Waals surface area contributed by atoms with Crippen LogP contribution in [0.4, 0.5) is 5.95 Å². The number of hydrogen-bond acceptors (Lipinski definition) is 6. The monoisotopic (exact) mass is 396 g/mol. The first-order valence-electron chi connectivity index (χ1n) is 7.43. The van der Waals surface area contributed by atoms with Crippen molar-refractivity contribution in [3.63, 3.8) is 0 Å². The van der Waals surface area contributed by atoms with Crippen LogP contribution < -0.4 is 15.4 Å². The maximum Gasteiger partial charge on any atom is 0.258 e. The number of carbonyl (C=O) groups excluding carboxylic acids is 1. The van der Waals surface area contributed by atoms with Gasteiger partial charge in [0.05, 0.1) is 0 Å². The normalized spacial score (nSPS) is 11.2. The second-order valence-electron chi connectivity index (χ2n) is 6.32. The fraction of sp³-hybridized carbons (Fsp3) is 0.467. The number of carbonyl (C=O) groups is 1. The highest BCUT2D eigenvalue weighted by Gasteiger charge is 2.15. The molecule has 0 aliphatic heterocycles. The lowest BCUT2D eigenvalue weighted by Crippen LogP contribution is -2.43. The van der Waals surface area contributed by atoms with Crippen molar-refractivity contribution in [1.82, 2.24) is 25.5 Å². The van der Waals surface area contributed by atoms with E-state index in [1.54, 1.807) is 7.05 Å². The fourth-order valence-electron chi connectivity index (χ4n) is 1.98. The summed E-state index contributed by atoms with van der Waals surface area (Å²) in [6.45, 7) is 6.19. The summed E-state index contributed by atoms with van der Waals surface area (Å²) in [5, 5.41) is 17.2. The number of aromatic nitrogens is 4. The number of anilines is 1. The van der Waals surface area contributed by atoms with E-state index in [0.29, 0.717) is 18.2 Å². The van der Waals surface area contributed by atoms with Gasteiger partial charge in [0.25, 0.3) is 5.91 Å². The molecule has 2 N–H and O–H groups in total. The third-order valence-corrected chi connectivity index (χ3v) is 3.45. The second-order valence-corrected chi connectivity index (χ2v) is 7.23. The molecule has 0 spiro atoms. The SMILES string of the molecule is Cn1nnnc1NCc1cc(Br)ccc1OCC(=O)NC(C)(C)C. The van der Waals surface area contributed by atoms with Crippen molar-refractivity contribution in [3.05, 3.63) is 28.2 Å². The van der Waals surface area contributed by atoms with Crippen molar-refractivity contribution in [2.45, 2.75) is 32.9 Å². The van der Waals surface area contributed by atoms with Crippen LogP contribution in [0.3, 0.4) is 0 Å². The molecule has 1 amide bonds. The Morgan fingerprint density at radius 2 is 2.12 bits per heavy atom. The molecule has 0 saturated carbocycles. The summed E-state index contributed by atoms with van der Waals surface area (Å²) in [5.41, 5.74) is 0.596. The zero-order valence-corrected chi connectivity index (χ0v) is 15.7. The Hall–Kier alpha value is -2.16. The molecule has 0 atom stereocenters. The summed E-state index contributed by atoms with van der Waals surface area (Å²) in [4.78, 5) is 11.9. The maximum atomic E-state index is 11.9. The highest BCUT2D eigenvalue weighted by Crippen LogP contribution is 2.24. The van der Waals surface area contributed by atoms with E-state index in [1.807, 2.05) is 39.0 Å². The summed E-state index contributed by atoms with van der Waals surface area (Å²) >= 11 is 3.44. The molecular weight excluding hydrogens is 376 g/mol. The van der Waals surface area contributed by atoms with Crippen LogP contribution in [0.1, 0.15) is 26.3 Å². The lowest BCUT2D eigenvalue weighted by molar-refractivity contribution is -0.124. The quantitative estimate of drug-likeness (QED) is 0.773. The van der Waals surface area contributed by atoms with Crippen molar-refractivity contribution in [1.29, 1.82) is 0 Å². The van der Waals surface area contributed by atoms with Crippen LogP contribution in [0.2, 0.25) is 0 Å². The van der Waals surface area contributed by atoms with Crippen LogP contribution in [-0.4, -0.2) is 38.3 Å². The maximum absolute atomic E-state index is 11.9. The van der Waals surface area contributed by atoms with Crippen LogP contribution in [-0.2, 0) is 18.4 Å². The standard InChI is InChI=1S/C15H21BrN6O2/c1-15(2,3)18-13(23)9-24-12-6-5-11(16)7-10(12)8-17-14-19-20-21-22(14)4/h5-7H,8-9H2,1-4H3,(H,18,23)(H,17,19,21). The van der Waals surface area contributed by atoms with Crippen LogP contribution in [0.15, 0.2) is 22.7 Å². The Morgan fingerprint density at radius 1 is 1.38 bits per heavy atom. The van der Waals surface area contributed by atoms with Gasteiger partial charge in [0.2, 0.25) is 5.95 Å². The van der Waals surface area contributed by atoms with E-state index in [1.165, 1.54) is 4.68 Å². The van der Waals surface area contributed by atoms with Gasteiger partial charge < -0.3 is 15.4 Å². The largest absolute Gasteiger partial charge is 0.483 e. The zero-order chi connectivity index (χ0) is 17.7. The first-order chi connectivity index (χ1) is 11.2. The molecule has 8 nitrogen and oxygen atoms in total. The summed E-state index contributed by atoms with van der Waals surface area (Å²) in [5.74, 6) is 1.01. The van der Waals surface area contributed by atoms with Crippen molar-refractivity contribution in [2.75, 3.05) is 11.9 Å². The van der Waals surface area contributed by atoms with Crippen molar-refractivity contribution >= 4 is 27.8 Å². The number of nitrogens with one attached hydrogen (secondary N) is 2. The van der Waals surface area contributed by atoms with E-state index < -0.39 is 0 Å². The average molecular weight is 397 g/mol. The number of halogens is 1. The van der Waals surface area contributed by atoms with Gasteiger partial charge in [-0.2, -0.15) is 0 Å². The molecule has 9 heteroatoms. The van der Waals surface area contributed by atoms with Gasteiger partial charge in [-0.25, -0.2) is 4.68 Å². The number of nitrogens with zero attached hydrogens (tertiary/aromatic N) is 4. The highest BCUT2D eigenvalue weighted by atomic mass is 79.9. The van der Waals surface area contributed by atoms with Gasteiger partial charge in [-0.15, -0.1) is 0 Å². The minimum Gasteiger partial charge on any atom is -0.483 e. The van der Waals surface area contributed by atoms with E-state index in [-0.39, 0.29) is 18.1 Å². The van der Waals surface area contributed by atoms with Gasteiger partial charge in [0.15, 0.2) is 6.61 Å². The Balaban J connectivity index is 2.02. The number of aryl methyl sites for hydroxylation is 1. The van der Waals surface area contributed by atoms with Crippen LogP contribution in [0.25, 0.3) is 0 Å². The van der Waals surface area contributed by atoms with Gasteiger partial charge in [0.1, 0.15) is 5.75 Å². The average Bonchev–Trinajstić information content (AvgIpc) is 2.87. The predicted octanol–water partition coefficient (Wildman–Crippen LogP) is 1.88. The molecule has 0 fully saturated rings. The summed E-state index contributed by atoms with van der Waals surface area (Å²) < 4.78 is 8.12. The Labute approximate surface area is 149 Å². The van der Waals surface area contributed by atoms with E-state index >= 15 is 0 Å². The fourth-order valence-corrected chi connectivity index (χ4v) is 2.39. The Bertz CT molecular complexity index is 710. The van der Waals surface area contributed by atoms with Crippen molar-refractivity contribution in [3.8, 4) is 5.75 Å². The number of amides is 1. The third-order valence-electron chi connectivity index (χ3n) is 2.95. The third kappa shape index (κ3) is 5.48. The molecule has 0 aliphatic rings. The van der Waals surface area contributed by atoms with E-state index in [0.717, 1.165) is 10.0 Å². The summed E-state index contributed by atoms with van der Waals surface area (Å²) in [6, 6.07) is 5.61. The summed E-state index contributed by atoms with van der Waals surface area (Å²) in [6.07, 6.45) is 0. The van der Waals surface area contributed by atoms with Gasteiger partial charge in [0, 0.05) is 29.2 Å². The molecule has 2 rings (SSSR count). The number of ether oxygens (including phenoxy) is 1. The van der Waals surface area contributed by atoms with Gasteiger partial charge in [-0.1, -0.05) is 21.0 Å². The van der Waals surface area contributed by atoms with E-state index in [4.69, 9.17) is 4.74 Å². The minimum atomic E-state index is -0.289. The zero-order valence-electron chi connectivity index (χ0n) is 14.1. The number of benzene rings is 1. The first kappa shape index (κ1) is 18.2. The first-order valence-corrected chi connectivity index (χ1v) is 8.22. The molecule has 1 aromatic carbocycles. The number of hydrogen-bond donors (Lipinski definition) is 2. The van der Waals surface area contributed by atoms with Crippen LogP contribution in [0, 0.1) is 0 Å². The molecule has 0 unspecified atom stereocenters. The lowest BCUT2D eigenvalue weighted by Gasteiger charge is -2.21. The smallest absolute Gasteiger partial charge is 0.258 e. The number of rotatable bonds is 6. The molecule has 1 aromatic heterocycles. The predicted molar refractivity (Wildman–Crippen MR) is 93.7 cm³/mol. The molecule has 1 heterocycles. The molecule has 24 heavy (non-hydrogen) atoms. The molecular formula is C15H21BrN6O2. The Kier molecular flexibility index (Phi) is 5.76. The van der Waals surface area contributed by atoms with Crippen molar-refractivity contribution < 1.29 is 9.53 Å². The molecule has 0 radical (unpaired) electrons. The van der Waals surface area contributed by atoms with E-state index in [9.17, 15) is 4.79 Å². The summed E-state index contributed by atoms with van der Waals surface area (Å²) in [7, 11) is 1.75.